The van der Waals surface area contributed by atoms with E-state index in [9.17, 15) is 4.79 Å². The van der Waals surface area contributed by atoms with Crippen LogP contribution in [0, 0.1) is 20.8 Å². The first-order valence-corrected chi connectivity index (χ1v) is 5.58. The van der Waals surface area contributed by atoms with Crippen LogP contribution in [0.5, 0.6) is 5.75 Å². The Bertz CT molecular complexity index is 433. The van der Waals surface area contributed by atoms with E-state index < -0.39 is 5.97 Å². The summed E-state index contributed by atoms with van der Waals surface area (Å²) in [5.41, 5.74) is 3.43. The summed E-state index contributed by atoms with van der Waals surface area (Å²) < 4.78 is 5.65. The number of aliphatic carboxylic acids is 1. The van der Waals surface area contributed by atoms with E-state index in [1.165, 1.54) is 5.56 Å². The van der Waals surface area contributed by atoms with E-state index in [1.807, 2.05) is 26.8 Å². The molecule has 0 amide bonds. The minimum Gasteiger partial charge on any atom is -0.489 e. The predicted molar refractivity (Wildman–Crippen MR) is 67.5 cm³/mol. The third-order valence-electron chi connectivity index (χ3n) is 2.66. The van der Waals surface area contributed by atoms with Crippen molar-refractivity contribution in [3.8, 4) is 5.75 Å². The first-order valence-electron chi connectivity index (χ1n) is 5.58. The van der Waals surface area contributed by atoms with Crippen molar-refractivity contribution in [2.24, 2.45) is 0 Å². The van der Waals surface area contributed by atoms with Gasteiger partial charge in [0.05, 0.1) is 6.42 Å². The Morgan fingerprint density at radius 3 is 2.53 bits per heavy atom. The normalized spacial score (nSPS) is 10.8. The zero-order chi connectivity index (χ0) is 12.8. The van der Waals surface area contributed by atoms with Gasteiger partial charge in [-0.05, 0) is 37.5 Å². The van der Waals surface area contributed by atoms with Crippen molar-refractivity contribution in [3.63, 3.8) is 0 Å². The van der Waals surface area contributed by atoms with Crippen LogP contribution >= 0.6 is 0 Å². The molecule has 0 saturated carbocycles. The molecule has 0 heterocycles. The molecule has 3 nitrogen and oxygen atoms in total. The second kappa shape index (κ2) is 6.09. The lowest BCUT2D eigenvalue weighted by Crippen LogP contribution is -1.99. The fourth-order valence-electron chi connectivity index (χ4n) is 1.53. The minimum absolute atomic E-state index is 0.0368. The number of aryl methyl sites for hydroxylation is 2. The number of ether oxygens (including phenoxy) is 1. The Morgan fingerprint density at radius 2 is 1.88 bits per heavy atom. The highest BCUT2D eigenvalue weighted by Gasteiger charge is 2.05. The summed E-state index contributed by atoms with van der Waals surface area (Å²) >= 11 is 0. The summed E-state index contributed by atoms with van der Waals surface area (Å²) in [7, 11) is 0. The molecule has 3 heteroatoms. The number of hydrogen-bond donors (Lipinski definition) is 1. The minimum atomic E-state index is -0.829. The molecule has 0 aromatic heterocycles. The van der Waals surface area contributed by atoms with Crippen LogP contribution in [0.25, 0.3) is 0 Å². The van der Waals surface area contributed by atoms with Gasteiger partial charge in [0.1, 0.15) is 12.4 Å². The predicted octanol–water partition coefficient (Wildman–Crippen LogP) is 3.02. The maximum absolute atomic E-state index is 10.3. The highest BCUT2D eigenvalue weighted by Crippen LogP contribution is 2.25. The quantitative estimate of drug-likeness (QED) is 0.796. The molecule has 92 valence electrons. The number of carboxylic acid groups (broad SMARTS) is 1. The van der Waals surface area contributed by atoms with Gasteiger partial charge in [0, 0.05) is 0 Å². The van der Waals surface area contributed by atoms with Gasteiger partial charge in [-0.2, -0.15) is 0 Å². The molecule has 0 saturated heterocycles. The van der Waals surface area contributed by atoms with Crippen molar-refractivity contribution in [2.75, 3.05) is 6.61 Å². The van der Waals surface area contributed by atoms with Gasteiger partial charge < -0.3 is 9.84 Å². The summed E-state index contributed by atoms with van der Waals surface area (Å²) in [4.78, 5) is 10.3. The van der Waals surface area contributed by atoms with E-state index in [0.717, 1.165) is 16.9 Å². The maximum atomic E-state index is 10.3. The summed E-state index contributed by atoms with van der Waals surface area (Å²) in [5.74, 6) is 0.0640. The smallest absolute Gasteiger partial charge is 0.307 e. The molecular formula is C14H18O3. The Kier molecular flexibility index (Phi) is 4.76. The average molecular weight is 234 g/mol. The molecule has 0 radical (unpaired) electrons. The van der Waals surface area contributed by atoms with E-state index in [0.29, 0.717) is 6.61 Å². The van der Waals surface area contributed by atoms with E-state index in [1.54, 1.807) is 12.2 Å². The molecule has 0 atom stereocenters. The van der Waals surface area contributed by atoms with E-state index in [-0.39, 0.29) is 6.42 Å². The van der Waals surface area contributed by atoms with Gasteiger partial charge in [-0.3, -0.25) is 4.79 Å². The molecule has 0 bridgehead atoms. The molecule has 1 N–H and O–H groups in total. The summed E-state index contributed by atoms with van der Waals surface area (Å²) in [6.45, 7) is 6.47. The lowest BCUT2D eigenvalue weighted by Gasteiger charge is -2.12. The van der Waals surface area contributed by atoms with Crippen molar-refractivity contribution in [1.29, 1.82) is 0 Å². The van der Waals surface area contributed by atoms with Crippen LogP contribution in [0.4, 0.5) is 0 Å². The number of benzene rings is 1. The third-order valence-corrected chi connectivity index (χ3v) is 2.66. The van der Waals surface area contributed by atoms with Crippen molar-refractivity contribution < 1.29 is 14.6 Å². The summed E-state index contributed by atoms with van der Waals surface area (Å²) in [5, 5.41) is 8.46. The van der Waals surface area contributed by atoms with Crippen LogP contribution in [0.15, 0.2) is 24.3 Å². The lowest BCUT2D eigenvalue weighted by molar-refractivity contribution is -0.136. The van der Waals surface area contributed by atoms with Crippen molar-refractivity contribution >= 4 is 5.97 Å². The zero-order valence-corrected chi connectivity index (χ0v) is 10.5. The van der Waals surface area contributed by atoms with Crippen molar-refractivity contribution in [3.05, 3.63) is 41.0 Å². The molecule has 0 spiro atoms. The van der Waals surface area contributed by atoms with Crippen LogP contribution in [0.3, 0.4) is 0 Å². The van der Waals surface area contributed by atoms with Crippen LogP contribution in [0.1, 0.15) is 23.1 Å². The molecule has 1 rings (SSSR count). The average Bonchev–Trinajstić information content (AvgIpc) is 2.27. The van der Waals surface area contributed by atoms with E-state index >= 15 is 0 Å². The Morgan fingerprint density at radius 1 is 1.24 bits per heavy atom. The first-order chi connectivity index (χ1) is 8.02. The van der Waals surface area contributed by atoms with Crippen LogP contribution in [0.2, 0.25) is 0 Å². The largest absolute Gasteiger partial charge is 0.489 e. The van der Waals surface area contributed by atoms with Crippen LogP contribution in [-0.2, 0) is 4.79 Å². The monoisotopic (exact) mass is 234 g/mol. The van der Waals surface area contributed by atoms with Crippen molar-refractivity contribution in [2.45, 2.75) is 27.2 Å². The molecule has 1 aromatic carbocycles. The number of carboxylic acids is 1. The Balaban J connectivity index is 2.60. The van der Waals surface area contributed by atoms with Gasteiger partial charge >= 0.3 is 5.97 Å². The SMILES string of the molecule is Cc1ccc(C)c(OC/C=C/CC(=O)O)c1C. The maximum Gasteiger partial charge on any atom is 0.307 e. The standard InChI is InChI=1S/C14H18O3/c1-10-7-8-11(2)14(12(10)3)17-9-5-4-6-13(15)16/h4-5,7-8H,6,9H2,1-3H3,(H,15,16)/b5-4+. The van der Waals surface area contributed by atoms with Gasteiger partial charge in [-0.15, -0.1) is 0 Å². The molecular weight excluding hydrogens is 216 g/mol. The first kappa shape index (κ1) is 13.3. The molecule has 17 heavy (non-hydrogen) atoms. The second-order valence-corrected chi connectivity index (χ2v) is 4.03. The van der Waals surface area contributed by atoms with Crippen molar-refractivity contribution in [1.82, 2.24) is 0 Å². The fourth-order valence-corrected chi connectivity index (χ4v) is 1.53. The molecule has 0 unspecified atom stereocenters. The highest BCUT2D eigenvalue weighted by molar-refractivity contribution is 5.68. The van der Waals surface area contributed by atoms with Gasteiger partial charge in [0.15, 0.2) is 0 Å². The van der Waals surface area contributed by atoms with Gasteiger partial charge in [0.25, 0.3) is 0 Å². The van der Waals surface area contributed by atoms with Gasteiger partial charge in [-0.1, -0.05) is 24.3 Å². The lowest BCUT2D eigenvalue weighted by atomic mass is 10.1. The number of carbonyl (C=O) groups is 1. The zero-order valence-electron chi connectivity index (χ0n) is 10.5. The summed E-state index contributed by atoms with van der Waals surface area (Å²) in [6.07, 6.45) is 3.37. The van der Waals surface area contributed by atoms with E-state index in [4.69, 9.17) is 9.84 Å². The number of rotatable bonds is 5. The van der Waals surface area contributed by atoms with Gasteiger partial charge in [0.2, 0.25) is 0 Å². The summed E-state index contributed by atoms with van der Waals surface area (Å²) in [6, 6.07) is 4.09. The van der Waals surface area contributed by atoms with E-state index in [2.05, 4.69) is 6.07 Å². The third kappa shape index (κ3) is 3.94. The van der Waals surface area contributed by atoms with Crippen LogP contribution < -0.4 is 4.74 Å². The molecule has 1 aromatic rings. The topological polar surface area (TPSA) is 46.5 Å². The molecule has 0 aliphatic carbocycles. The van der Waals surface area contributed by atoms with Crippen LogP contribution in [-0.4, -0.2) is 17.7 Å². The molecule has 0 aliphatic heterocycles. The molecule has 0 fully saturated rings. The number of hydrogen-bond acceptors (Lipinski definition) is 2. The fraction of sp³-hybridized carbons (Fsp3) is 0.357. The Hall–Kier alpha value is -1.77. The Labute approximate surface area is 102 Å². The second-order valence-electron chi connectivity index (χ2n) is 4.03. The highest BCUT2D eigenvalue weighted by atomic mass is 16.5. The molecule has 0 aliphatic rings. The van der Waals surface area contributed by atoms with Gasteiger partial charge in [-0.25, -0.2) is 0 Å².